The zero-order valence-electron chi connectivity index (χ0n) is 12.0. The molecule has 104 valence electrons. The predicted molar refractivity (Wildman–Crippen MR) is 76.0 cm³/mol. The maximum Gasteiger partial charge on any atom is 0.255 e. The third-order valence-corrected chi connectivity index (χ3v) is 4.03. The van der Waals surface area contributed by atoms with Gasteiger partial charge in [-0.25, -0.2) is 0 Å². The van der Waals surface area contributed by atoms with Crippen LogP contribution in [0.5, 0.6) is 0 Å². The Morgan fingerprint density at radius 2 is 2.16 bits per heavy atom. The minimum Gasteiger partial charge on any atom is -0.336 e. The van der Waals surface area contributed by atoms with Gasteiger partial charge in [-0.2, -0.15) is 0 Å². The molecule has 2 unspecified atom stereocenters. The van der Waals surface area contributed by atoms with Gasteiger partial charge in [0.25, 0.3) is 5.91 Å². The molecule has 2 heterocycles. The molecule has 0 saturated carbocycles. The number of aromatic nitrogens is 1. The fraction of sp³-hybridized carbons (Fsp3) is 0.600. The summed E-state index contributed by atoms with van der Waals surface area (Å²) in [5, 5.41) is 0. The lowest BCUT2D eigenvalue weighted by Gasteiger charge is -2.38. The molecule has 1 aliphatic heterocycles. The number of nitrogens with zero attached hydrogens (tertiary/aromatic N) is 2. The second-order valence-corrected chi connectivity index (χ2v) is 5.57. The zero-order chi connectivity index (χ0) is 14.0. The first-order valence-corrected chi connectivity index (χ1v) is 6.98. The molecule has 1 aromatic heterocycles. The zero-order valence-corrected chi connectivity index (χ0v) is 12.0. The van der Waals surface area contributed by atoms with Gasteiger partial charge in [0.1, 0.15) is 0 Å². The average Bonchev–Trinajstić information content (AvgIpc) is 2.38. The van der Waals surface area contributed by atoms with Gasteiger partial charge in [0.2, 0.25) is 0 Å². The molecule has 19 heavy (non-hydrogen) atoms. The summed E-state index contributed by atoms with van der Waals surface area (Å²) in [6, 6.07) is 4.07. The van der Waals surface area contributed by atoms with Crippen LogP contribution >= 0.6 is 0 Å². The Morgan fingerprint density at radius 1 is 1.42 bits per heavy atom. The Labute approximate surface area is 115 Å². The van der Waals surface area contributed by atoms with E-state index < -0.39 is 0 Å². The first-order chi connectivity index (χ1) is 9.02. The van der Waals surface area contributed by atoms with Gasteiger partial charge in [-0.3, -0.25) is 9.78 Å². The highest BCUT2D eigenvalue weighted by Crippen LogP contribution is 2.23. The molecule has 2 N–H and O–H groups in total. The molecular weight excluding hydrogens is 238 g/mol. The Balaban J connectivity index is 2.22. The van der Waals surface area contributed by atoms with Crippen LogP contribution in [0.25, 0.3) is 0 Å². The molecule has 0 bridgehead atoms. The molecule has 1 aromatic rings. The van der Waals surface area contributed by atoms with Crippen molar-refractivity contribution in [1.82, 2.24) is 9.88 Å². The molecule has 2 atom stereocenters. The van der Waals surface area contributed by atoms with E-state index in [9.17, 15) is 4.79 Å². The van der Waals surface area contributed by atoms with Gasteiger partial charge in [0.05, 0.1) is 11.3 Å². The summed E-state index contributed by atoms with van der Waals surface area (Å²) in [5.74, 6) is 0.523. The van der Waals surface area contributed by atoms with Crippen LogP contribution in [0, 0.1) is 19.8 Å². The van der Waals surface area contributed by atoms with E-state index in [-0.39, 0.29) is 11.9 Å². The van der Waals surface area contributed by atoms with Gasteiger partial charge in [0, 0.05) is 18.3 Å². The summed E-state index contributed by atoms with van der Waals surface area (Å²) in [6.45, 7) is 7.37. The van der Waals surface area contributed by atoms with Crippen molar-refractivity contribution < 1.29 is 4.79 Å². The highest BCUT2D eigenvalue weighted by molar-refractivity contribution is 5.95. The molecule has 1 amide bonds. The Bertz CT molecular complexity index is 472. The molecule has 4 nitrogen and oxygen atoms in total. The van der Waals surface area contributed by atoms with Crippen LogP contribution < -0.4 is 5.73 Å². The van der Waals surface area contributed by atoms with Gasteiger partial charge in [-0.05, 0) is 58.2 Å². The number of pyridine rings is 1. The summed E-state index contributed by atoms with van der Waals surface area (Å²) in [6.07, 6.45) is 2.15. The standard InChI is InChI=1S/C15H23N3O/c1-10-4-7-14(12(3)17-10)15(19)18-9-13(8-16)6-5-11(18)2/h4,7,11,13H,5-6,8-9,16H2,1-3H3. The number of carbonyl (C=O) groups excluding carboxylic acids is 1. The fourth-order valence-corrected chi connectivity index (χ4v) is 2.72. The van der Waals surface area contributed by atoms with Gasteiger partial charge in [-0.1, -0.05) is 0 Å². The number of aryl methyl sites for hydroxylation is 2. The number of rotatable bonds is 2. The molecule has 4 heteroatoms. The van der Waals surface area contributed by atoms with Crippen molar-refractivity contribution in [2.24, 2.45) is 11.7 Å². The van der Waals surface area contributed by atoms with E-state index in [1.165, 1.54) is 0 Å². The van der Waals surface area contributed by atoms with Gasteiger partial charge < -0.3 is 10.6 Å². The molecule has 0 aliphatic carbocycles. The van der Waals surface area contributed by atoms with Crippen LogP contribution in [-0.2, 0) is 0 Å². The highest BCUT2D eigenvalue weighted by Gasteiger charge is 2.29. The number of nitrogens with two attached hydrogens (primary N) is 1. The summed E-state index contributed by atoms with van der Waals surface area (Å²) >= 11 is 0. The number of hydrogen-bond acceptors (Lipinski definition) is 3. The van der Waals surface area contributed by atoms with Gasteiger partial charge >= 0.3 is 0 Å². The summed E-state index contributed by atoms with van der Waals surface area (Å²) < 4.78 is 0. The lowest BCUT2D eigenvalue weighted by atomic mass is 9.93. The van der Waals surface area contributed by atoms with E-state index in [4.69, 9.17) is 5.73 Å². The lowest BCUT2D eigenvalue weighted by Crippen LogP contribution is -2.47. The molecule has 1 aliphatic rings. The average molecular weight is 261 g/mol. The molecule has 1 fully saturated rings. The number of amides is 1. The summed E-state index contributed by atoms with van der Waals surface area (Å²) in [5.41, 5.74) is 8.22. The summed E-state index contributed by atoms with van der Waals surface area (Å²) in [4.78, 5) is 19.0. The first kappa shape index (κ1) is 14.0. The van der Waals surface area contributed by atoms with Crippen LogP contribution in [0.15, 0.2) is 12.1 Å². The molecule has 0 radical (unpaired) electrons. The van der Waals surface area contributed by atoms with E-state index in [1.54, 1.807) is 0 Å². The number of hydrogen-bond donors (Lipinski definition) is 1. The Kier molecular flexibility index (Phi) is 4.20. The molecular formula is C15H23N3O. The van der Waals surface area contributed by atoms with Crippen LogP contribution in [0.3, 0.4) is 0 Å². The maximum atomic E-state index is 12.6. The third kappa shape index (κ3) is 2.95. The van der Waals surface area contributed by atoms with E-state index in [2.05, 4.69) is 11.9 Å². The van der Waals surface area contributed by atoms with E-state index in [0.717, 1.165) is 36.3 Å². The molecule has 0 aromatic carbocycles. The number of likely N-dealkylation sites (tertiary alicyclic amines) is 1. The largest absolute Gasteiger partial charge is 0.336 e. The molecule has 2 rings (SSSR count). The minimum absolute atomic E-state index is 0.0932. The minimum atomic E-state index is 0.0932. The second-order valence-electron chi connectivity index (χ2n) is 5.57. The van der Waals surface area contributed by atoms with Crippen molar-refractivity contribution in [2.45, 2.75) is 39.7 Å². The third-order valence-electron chi connectivity index (χ3n) is 4.03. The van der Waals surface area contributed by atoms with Crippen molar-refractivity contribution in [2.75, 3.05) is 13.1 Å². The van der Waals surface area contributed by atoms with E-state index in [0.29, 0.717) is 12.5 Å². The number of carbonyl (C=O) groups is 1. The van der Waals surface area contributed by atoms with E-state index >= 15 is 0 Å². The fourth-order valence-electron chi connectivity index (χ4n) is 2.72. The maximum absolute atomic E-state index is 12.6. The van der Waals surface area contributed by atoms with Gasteiger partial charge in [0.15, 0.2) is 0 Å². The van der Waals surface area contributed by atoms with Crippen molar-refractivity contribution in [3.63, 3.8) is 0 Å². The lowest BCUT2D eigenvalue weighted by molar-refractivity contribution is 0.0565. The smallest absolute Gasteiger partial charge is 0.255 e. The summed E-state index contributed by atoms with van der Waals surface area (Å²) in [7, 11) is 0. The van der Waals surface area contributed by atoms with Crippen LogP contribution in [0.1, 0.15) is 41.5 Å². The van der Waals surface area contributed by atoms with Crippen molar-refractivity contribution in [1.29, 1.82) is 0 Å². The van der Waals surface area contributed by atoms with E-state index in [1.807, 2.05) is 30.9 Å². The quantitative estimate of drug-likeness (QED) is 0.884. The van der Waals surface area contributed by atoms with Crippen LogP contribution in [0.2, 0.25) is 0 Å². The monoisotopic (exact) mass is 261 g/mol. The van der Waals surface area contributed by atoms with Crippen LogP contribution in [-0.4, -0.2) is 34.9 Å². The molecule has 1 saturated heterocycles. The van der Waals surface area contributed by atoms with Crippen molar-refractivity contribution in [3.8, 4) is 0 Å². The highest BCUT2D eigenvalue weighted by atomic mass is 16.2. The number of piperidine rings is 1. The van der Waals surface area contributed by atoms with Gasteiger partial charge in [-0.15, -0.1) is 0 Å². The Hall–Kier alpha value is -1.42. The Morgan fingerprint density at radius 3 is 2.79 bits per heavy atom. The van der Waals surface area contributed by atoms with Crippen LogP contribution in [0.4, 0.5) is 0 Å². The van der Waals surface area contributed by atoms with Crippen molar-refractivity contribution >= 4 is 5.91 Å². The second kappa shape index (κ2) is 5.70. The SMILES string of the molecule is Cc1ccc(C(=O)N2CC(CN)CCC2C)c(C)n1. The predicted octanol–water partition coefficient (Wildman–Crippen LogP) is 1.90. The first-order valence-electron chi connectivity index (χ1n) is 6.98. The molecule has 0 spiro atoms. The van der Waals surface area contributed by atoms with Crippen molar-refractivity contribution in [3.05, 3.63) is 29.1 Å². The topological polar surface area (TPSA) is 59.2 Å². The normalized spacial score (nSPS) is 23.5.